The summed E-state index contributed by atoms with van der Waals surface area (Å²) in [7, 11) is -0.682. The van der Waals surface area contributed by atoms with Gasteiger partial charge < -0.3 is 11.1 Å². The van der Waals surface area contributed by atoms with E-state index in [2.05, 4.69) is 5.32 Å². The first kappa shape index (κ1) is 12.1. The van der Waals surface area contributed by atoms with Crippen LogP contribution in [0.4, 0.5) is 0 Å². The molecule has 0 saturated carbocycles. The van der Waals surface area contributed by atoms with Crippen molar-refractivity contribution in [2.75, 3.05) is 25.9 Å². The summed E-state index contributed by atoms with van der Waals surface area (Å²) in [6, 6.07) is 0. The van der Waals surface area contributed by atoms with Gasteiger partial charge in [-0.2, -0.15) is 0 Å². The van der Waals surface area contributed by atoms with Crippen LogP contribution in [-0.2, 0) is 10.8 Å². The maximum Gasteiger partial charge on any atom is 0.0329 e. The fraction of sp³-hybridized carbons (Fsp3) is 1.00. The van der Waals surface area contributed by atoms with Crippen molar-refractivity contribution in [3.05, 3.63) is 0 Å². The van der Waals surface area contributed by atoms with Crippen LogP contribution >= 0.6 is 0 Å². The molecule has 0 radical (unpaired) electrons. The predicted molar refractivity (Wildman–Crippen MR) is 54.7 cm³/mol. The van der Waals surface area contributed by atoms with Crippen LogP contribution in [0.5, 0.6) is 0 Å². The Morgan fingerprint density at radius 1 is 1.50 bits per heavy atom. The summed E-state index contributed by atoms with van der Waals surface area (Å²) in [6.45, 7) is 4.67. The highest BCUT2D eigenvalue weighted by molar-refractivity contribution is 7.84. The lowest BCUT2D eigenvalue weighted by atomic mass is 10.3. The summed E-state index contributed by atoms with van der Waals surface area (Å²) in [4.78, 5) is 0. The van der Waals surface area contributed by atoms with Crippen molar-refractivity contribution in [2.45, 2.75) is 25.0 Å². The maximum atomic E-state index is 10.9. The highest BCUT2D eigenvalue weighted by atomic mass is 32.2. The molecule has 0 aliphatic rings. The van der Waals surface area contributed by atoms with E-state index in [-0.39, 0.29) is 0 Å². The van der Waals surface area contributed by atoms with Gasteiger partial charge in [-0.15, -0.1) is 0 Å². The van der Waals surface area contributed by atoms with Crippen molar-refractivity contribution in [3.63, 3.8) is 0 Å². The van der Waals surface area contributed by atoms with Crippen LogP contribution in [0.2, 0.25) is 0 Å². The molecule has 74 valence electrons. The van der Waals surface area contributed by atoms with E-state index in [1.54, 1.807) is 6.26 Å². The molecule has 4 heteroatoms. The zero-order valence-corrected chi connectivity index (χ0v) is 8.82. The molecule has 0 aromatic carbocycles. The Bertz CT molecular complexity index is 130. The lowest BCUT2D eigenvalue weighted by Crippen LogP contribution is -2.23. The third kappa shape index (κ3) is 6.76. The van der Waals surface area contributed by atoms with Crippen LogP contribution in [0.15, 0.2) is 0 Å². The monoisotopic (exact) mass is 192 g/mol. The van der Waals surface area contributed by atoms with Crippen molar-refractivity contribution in [3.8, 4) is 0 Å². The van der Waals surface area contributed by atoms with Crippen molar-refractivity contribution < 1.29 is 4.21 Å². The quantitative estimate of drug-likeness (QED) is 0.562. The van der Waals surface area contributed by atoms with Gasteiger partial charge in [-0.1, -0.05) is 6.92 Å². The van der Waals surface area contributed by atoms with Crippen LogP contribution < -0.4 is 11.1 Å². The first-order valence-corrected chi connectivity index (χ1v) is 6.03. The molecule has 0 aromatic rings. The van der Waals surface area contributed by atoms with Gasteiger partial charge >= 0.3 is 0 Å². The Labute approximate surface area is 77.6 Å². The minimum atomic E-state index is -0.682. The van der Waals surface area contributed by atoms with Crippen molar-refractivity contribution in [1.29, 1.82) is 0 Å². The number of hydrogen-bond acceptors (Lipinski definition) is 3. The zero-order chi connectivity index (χ0) is 9.40. The second-order valence-corrected chi connectivity index (χ2v) is 4.79. The van der Waals surface area contributed by atoms with Crippen LogP contribution in [0.1, 0.15) is 19.8 Å². The third-order valence-electron chi connectivity index (χ3n) is 1.85. The van der Waals surface area contributed by atoms with Crippen LogP contribution in [-0.4, -0.2) is 35.3 Å². The van der Waals surface area contributed by atoms with Gasteiger partial charge in [0.1, 0.15) is 0 Å². The molecular formula is C8H20N2OS. The number of nitrogens with one attached hydrogen (secondary N) is 1. The Hall–Kier alpha value is 0.0700. The van der Waals surface area contributed by atoms with E-state index in [1.807, 2.05) is 6.92 Å². The number of nitrogens with two attached hydrogens (primary N) is 1. The molecule has 0 aromatic heterocycles. The van der Waals surface area contributed by atoms with Gasteiger partial charge in [-0.05, 0) is 32.5 Å². The topological polar surface area (TPSA) is 55.1 Å². The largest absolute Gasteiger partial charge is 0.330 e. The normalized spacial score (nSPS) is 15.9. The summed E-state index contributed by atoms with van der Waals surface area (Å²) in [5, 5.41) is 3.56. The minimum Gasteiger partial charge on any atom is -0.330 e. The van der Waals surface area contributed by atoms with E-state index in [1.165, 1.54) is 0 Å². The molecule has 0 fully saturated rings. The molecule has 12 heavy (non-hydrogen) atoms. The van der Waals surface area contributed by atoms with E-state index in [0.717, 1.165) is 32.5 Å². The Morgan fingerprint density at radius 3 is 2.67 bits per heavy atom. The maximum absolute atomic E-state index is 10.9. The zero-order valence-electron chi connectivity index (χ0n) is 8.01. The second kappa shape index (κ2) is 7.71. The summed E-state index contributed by atoms with van der Waals surface area (Å²) in [5.41, 5.74) is 5.33. The smallest absolute Gasteiger partial charge is 0.0329 e. The lowest BCUT2D eigenvalue weighted by Gasteiger charge is -2.08. The lowest BCUT2D eigenvalue weighted by molar-refractivity contribution is 0.614. The molecule has 0 rings (SSSR count). The van der Waals surface area contributed by atoms with Gasteiger partial charge in [0.15, 0.2) is 0 Å². The van der Waals surface area contributed by atoms with Crippen LogP contribution in [0.3, 0.4) is 0 Å². The van der Waals surface area contributed by atoms with Gasteiger partial charge in [0, 0.05) is 22.3 Å². The third-order valence-corrected chi connectivity index (χ3v) is 3.22. The van der Waals surface area contributed by atoms with Crippen LogP contribution in [0, 0.1) is 0 Å². The van der Waals surface area contributed by atoms with E-state index >= 15 is 0 Å². The van der Waals surface area contributed by atoms with Crippen molar-refractivity contribution >= 4 is 10.8 Å². The molecule has 3 nitrogen and oxygen atoms in total. The summed E-state index contributed by atoms with van der Waals surface area (Å²) in [6.07, 6.45) is 3.75. The van der Waals surface area contributed by atoms with E-state index in [0.29, 0.717) is 5.25 Å². The minimum absolute atomic E-state index is 0.301. The predicted octanol–water partition coefficient (Wildman–Crippen LogP) is 0.0819. The first-order valence-electron chi connectivity index (χ1n) is 4.41. The first-order chi connectivity index (χ1) is 5.68. The molecule has 0 heterocycles. The van der Waals surface area contributed by atoms with Gasteiger partial charge in [0.2, 0.25) is 0 Å². The Morgan fingerprint density at radius 2 is 2.17 bits per heavy atom. The fourth-order valence-electron chi connectivity index (χ4n) is 0.823. The Balaban J connectivity index is 3.14. The molecule has 2 atom stereocenters. The van der Waals surface area contributed by atoms with Crippen molar-refractivity contribution in [2.24, 2.45) is 5.73 Å². The summed E-state index contributed by atoms with van der Waals surface area (Å²) in [5.74, 6) is 0. The summed E-state index contributed by atoms with van der Waals surface area (Å²) < 4.78 is 10.9. The average Bonchev–Trinajstić information content (AvgIpc) is 2.03. The van der Waals surface area contributed by atoms with Gasteiger partial charge in [-0.25, -0.2) is 0 Å². The average molecular weight is 192 g/mol. The van der Waals surface area contributed by atoms with E-state index < -0.39 is 10.8 Å². The highest BCUT2D eigenvalue weighted by Gasteiger charge is 2.03. The SMILES string of the molecule is CC(CCNCCCN)S(C)=O. The van der Waals surface area contributed by atoms with Crippen molar-refractivity contribution in [1.82, 2.24) is 5.32 Å². The molecule has 0 aliphatic heterocycles. The standard InChI is InChI=1S/C8H20N2OS/c1-8(12(2)11)4-7-10-6-3-5-9/h8,10H,3-7,9H2,1-2H3. The molecular weight excluding hydrogens is 172 g/mol. The van der Waals surface area contributed by atoms with Gasteiger partial charge in [-0.3, -0.25) is 4.21 Å². The molecule has 0 aliphatic carbocycles. The number of rotatable bonds is 7. The molecule has 0 spiro atoms. The second-order valence-electron chi connectivity index (χ2n) is 2.99. The summed E-state index contributed by atoms with van der Waals surface area (Å²) >= 11 is 0. The van der Waals surface area contributed by atoms with Gasteiger partial charge in [0.05, 0.1) is 0 Å². The van der Waals surface area contributed by atoms with E-state index in [9.17, 15) is 4.21 Å². The van der Waals surface area contributed by atoms with E-state index in [4.69, 9.17) is 5.73 Å². The Kier molecular flexibility index (Phi) is 7.75. The molecule has 2 unspecified atom stereocenters. The van der Waals surface area contributed by atoms with Crippen LogP contribution in [0.25, 0.3) is 0 Å². The number of hydrogen-bond donors (Lipinski definition) is 2. The van der Waals surface area contributed by atoms with Gasteiger partial charge in [0.25, 0.3) is 0 Å². The molecule has 3 N–H and O–H groups in total. The molecule has 0 bridgehead atoms. The fourth-order valence-corrected chi connectivity index (χ4v) is 1.27. The highest BCUT2D eigenvalue weighted by Crippen LogP contribution is 1.96. The molecule has 0 saturated heterocycles. The molecule has 0 amide bonds.